The summed E-state index contributed by atoms with van der Waals surface area (Å²) in [5.41, 5.74) is 0.982. The van der Waals surface area contributed by atoms with Crippen molar-refractivity contribution in [2.45, 2.75) is 76.2 Å². The zero-order valence-corrected chi connectivity index (χ0v) is 19.7. The van der Waals surface area contributed by atoms with Crippen LogP contribution in [0.15, 0.2) is 54.2 Å². The highest BCUT2D eigenvalue weighted by molar-refractivity contribution is 8.15. The zero-order chi connectivity index (χ0) is 22.8. The fourth-order valence-corrected chi connectivity index (χ4v) is 4.84. The molecule has 2 atom stereocenters. The van der Waals surface area contributed by atoms with Gasteiger partial charge in [-0.1, -0.05) is 87.5 Å². The maximum absolute atomic E-state index is 13.0. The molecule has 0 aliphatic carbocycles. The van der Waals surface area contributed by atoms with Gasteiger partial charge in [-0.3, -0.25) is 9.59 Å². The number of thioether (sulfide) groups is 1. The van der Waals surface area contributed by atoms with Crippen LogP contribution in [0.5, 0.6) is 0 Å². The average molecular weight is 460 g/mol. The molecule has 1 aromatic carbocycles. The van der Waals surface area contributed by atoms with E-state index in [9.17, 15) is 9.59 Å². The summed E-state index contributed by atoms with van der Waals surface area (Å²) in [6, 6.07) is 9.66. The minimum absolute atomic E-state index is 0.0446. The van der Waals surface area contributed by atoms with Gasteiger partial charge in [0.15, 0.2) is 5.76 Å². The SMILES string of the molecule is CCCCCCCCC1(C)SC(=O)C=C1OC(C(=O)NCc1ccccc1)C1=COCO1. The van der Waals surface area contributed by atoms with Crippen molar-refractivity contribution in [1.82, 2.24) is 5.32 Å². The lowest BCUT2D eigenvalue weighted by Gasteiger charge is -2.29. The summed E-state index contributed by atoms with van der Waals surface area (Å²) in [6.45, 7) is 4.63. The van der Waals surface area contributed by atoms with Gasteiger partial charge in [-0.2, -0.15) is 0 Å². The van der Waals surface area contributed by atoms with Crippen LogP contribution in [0.3, 0.4) is 0 Å². The first-order chi connectivity index (χ1) is 15.5. The van der Waals surface area contributed by atoms with Gasteiger partial charge in [-0.05, 0) is 18.9 Å². The van der Waals surface area contributed by atoms with E-state index in [1.165, 1.54) is 49.8 Å². The van der Waals surface area contributed by atoms with Gasteiger partial charge in [0.05, 0.1) is 4.75 Å². The van der Waals surface area contributed by atoms with Crippen molar-refractivity contribution >= 4 is 22.8 Å². The quantitative estimate of drug-likeness (QED) is 0.409. The third kappa shape index (κ3) is 6.79. The Labute approximate surface area is 194 Å². The van der Waals surface area contributed by atoms with Crippen LogP contribution < -0.4 is 5.32 Å². The Balaban J connectivity index is 1.63. The van der Waals surface area contributed by atoms with Crippen molar-refractivity contribution in [3.63, 3.8) is 0 Å². The molecule has 2 heterocycles. The smallest absolute Gasteiger partial charge is 0.269 e. The summed E-state index contributed by atoms with van der Waals surface area (Å²) in [5, 5.41) is 2.85. The van der Waals surface area contributed by atoms with E-state index in [0.717, 1.165) is 24.8 Å². The Bertz CT molecular complexity index is 838. The standard InChI is InChI=1S/C25H33NO5S/c1-3-4-5-6-7-11-14-25(2)21(15-22(27)32-25)31-23(20-17-29-18-30-20)24(28)26-16-19-12-9-8-10-13-19/h8-10,12-13,15,17,23H,3-7,11,14,16,18H2,1-2H3,(H,26,28). The van der Waals surface area contributed by atoms with Gasteiger partial charge in [0.25, 0.3) is 5.91 Å². The zero-order valence-electron chi connectivity index (χ0n) is 18.9. The Morgan fingerprint density at radius 2 is 1.94 bits per heavy atom. The molecule has 0 bridgehead atoms. The van der Waals surface area contributed by atoms with Crippen LogP contribution in [-0.4, -0.2) is 28.7 Å². The number of hydrogen-bond donors (Lipinski definition) is 1. The maximum atomic E-state index is 13.0. The number of carbonyl (C=O) groups excluding carboxylic acids is 2. The van der Waals surface area contributed by atoms with E-state index in [1.807, 2.05) is 37.3 Å². The molecular weight excluding hydrogens is 426 g/mol. The fraction of sp³-hybridized carbons (Fsp3) is 0.520. The number of carbonyl (C=O) groups is 2. The predicted octanol–water partition coefficient (Wildman–Crippen LogP) is 5.20. The highest BCUT2D eigenvalue weighted by Gasteiger charge is 2.42. The van der Waals surface area contributed by atoms with Crippen molar-refractivity contribution in [2.24, 2.45) is 0 Å². The molecule has 2 unspecified atom stereocenters. The molecule has 2 aliphatic heterocycles. The van der Waals surface area contributed by atoms with E-state index in [2.05, 4.69) is 12.2 Å². The van der Waals surface area contributed by atoms with E-state index in [1.54, 1.807) is 0 Å². The number of amides is 1. The summed E-state index contributed by atoms with van der Waals surface area (Å²) < 4.78 is 16.3. The third-order valence-electron chi connectivity index (χ3n) is 5.65. The molecule has 2 aliphatic rings. The number of benzene rings is 1. The monoisotopic (exact) mass is 459 g/mol. The lowest BCUT2D eigenvalue weighted by atomic mass is 9.98. The summed E-state index contributed by atoms with van der Waals surface area (Å²) in [5.74, 6) is 0.498. The van der Waals surface area contributed by atoms with E-state index in [0.29, 0.717) is 18.1 Å². The molecule has 3 rings (SSSR count). The molecule has 0 saturated heterocycles. The maximum Gasteiger partial charge on any atom is 0.269 e. The molecule has 0 aromatic heterocycles. The fourth-order valence-electron chi connectivity index (χ4n) is 3.77. The summed E-state index contributed by atoms with van der Waals surface area (Å²) in [7, 11) is 0. The van der Waals surface area contributed by atoms with Crippen LogP contribution in [-0.2, 0) is 30.3 Å². The van der Waals surface area contributed by atoms with Crippen LogP contribution in [0.4, 0.5) is 0 Å². The largest absolute Gasteiger partial charge is 0.475 e. The van der Waals surface area contributed by atoms with E-state index in [4.69, 9.17) is 14.2 Å². The number of nitrogens with one attached hydrogen (secondary N) is 1. The van der Waals surface area contributed by atoms with Crippen LogP contribution in [0, 0.1) is 0 Å². The Morgan fingerprint density at radius 1 is 1.19 bits per heavy atom. The second-order valence-corrected chi connectivity index (χ2v) is 9.84. The molecule has 7 heteroatoms. The van der Waals surface area contributed by atoms with Crippen LogP contribution >= 0.6 is 11.8 Å². The molecule has 6 nitrogen and oxygen atoms in total. The number of hydrogen-bond acceptors (Lipinski definition) is 6. The van der Waals surface area contributed by atoms with Gasteiger partial charge in [0.2, 0.25) is 18.0 Å². The molecule has 0 spiro atoms. The molecule has 0 radical (unpaired) electrons. The Kier molecular flexibility index (Phi) is 9.09. The topological polar surface area (TPSA) is 73.9 Å². The summed E-state index contributed by atoms with van der Waals surface area (Å²) in [6.07, 6.45) is 9.78. The summed E-state index contributed by atoms with van der Waals surface area (Å²) in [4.78, 5) is 25.3. The molecule has 32 heavy (non-hydrogen) atoms. The molecule has 1 N–H and O–H groups in total. The number of rotatable bonds is 13. The molecule has 1 aromatic rings. The van der Waals surface area contributed by atoms with Gasteiger partial charge < -0.3 is 19.5 Å². The van der Waals surface area contributed by atoms with Crippen LogP contribution in [0.2, 0.25) is 0 Å². The van der Waals surface area contributed by atoms with E-state index >= 15 is 0 Å². The first-order valence-electron chi connectivity index (χ1n) is 11.4. The van der Waals surface area contributed by atoms with Crippen molar-refractivity contribution in [3.8, 4) is 0 Å². The van der Waals surface area contributed by atoms with E-state index < -0.39 is 10.9 Å². The highest BCUT2D eigenvalue weighted by Crippen LogP contribution is 2.45. The second-order valence-electron chi connectivity index (χ2n) is 8.33. The lowest BCUT2D eigenvalue weighted by molar-refractivity contribution is -0.131. The molecule has 1 amide bonds. The minimum atomic E-state index is -1.01. The third-order valence-corrected chi connectivity index (χ3v) is 6.82. The number of unbranched alkanes of at least 4 members (excludes halogenated alkanes) is 5. The van der Waals surface area contributed by atoms with Crippen LogP contribution in [0.1, 0.15) is 64.4 Å². The second kappa shape index (κ2) is 12.0. The molecular formula is C25H33NO5S. The van der Waals surface area contributed by atoms with Crippen molar-refractivity contribution in [2.75, 3.05) is 6.79 Å². The summed E-state index contributed by atoms with van der Waals surface area (Å²) >= 11 is 1.27. The normalized spacial score (nSPS) is 20.8. The first kappa shape index (κ1) is 24.2. The van der Waals surface area contributed by atoms with E-state index in [-0.39, 0.29) is 17.8 Å². The van der Waals surface area contributed by atoms with Gasteiger partial charge in [0.1, 0.15) is 12.0 Å². The first-order valence-corrected chi connectivity index (χ1v) is 12.2. The molecule has 0 saturated carbocycles. The average Bonchev–Trinajstić information content (AvgIpc) is 3.41. The van der Waals surface area contributed by atoms with Crippen molar-refractivity contribution in [3.05, 3.63) is 59.8 Å². The lowest BCUT2D eigenvalue weighted by Crippen LogP contribution is -2.39. The Hall–Kier alpha value is -2.41. The van der Waals surface area contributed by atoms with Gasteiger partial charge in [-0.15, -0.1) is 0 Å². The Morgan fingerprint density at radius 3 is 2.66 bits per heavy atom. The molecule has 0 fully saturated rings. The van der Waals surface area contributed by atoms with Crippen molar-refractivity contribution < 1.29 is 23.8 Å². The highest BCUT2D eigenvalue weighted by atomic mass is 32.2. The van der Waals surface area contributed by atoms with Gasteiger partial charge >= 0.3 is 0 Å². The minimum Gasteiger partial charge on any atom is -0.475 e. The number of ether oxygens (including phenoxy) is 3. The predicted molar refractivity (Wildman–Crippen MR) is 125 cm³/mol. The van der Waals surface area contributed by atoms with Gasteiger partial charge in [-0.25, -0.2) is 0 Å². The van der Waals surface area contributed by atoms with Crippen LogP contribution in [0.25, 0.3) is 0 Å². The molecule has 174 valence electrons. The van der Waals surface area contributed by atoms with Crippen molar-refractivity contribution in [1.29, 1.82) is 0 Å². The van der Waals surface area contributed by atoms with Gasteiger partial charge in [0, 0.05) is 12.6 Å².